The minimum absolute atomic E-state index is 0.0912. The lowest BCUT2D eigenvalue weighted by molar-refractivity contribution is -0.147. The molecule has 0 bridgehead atoms. The summed E-state index contributed by atoms with van der Waals surface area (Å²) in [6.45, 7) is 9.03. The first-order chi connectivity index (χ1) is 11.7. The maximum atomic E-state index is 12.6. The molecule has 9 heteroatoms. The molecule has 0 radical (unpaired) electrons. The van der Waals surface area contributed by atoms with Crippen LogP contribution in [-0.2, 0) is 9.59 Å². The fourth-order valence-corrected chi connectivity index (χ4v) is 3.40. The second kappa shape index (κ2) is 7.99. The third-order valence-corrected chi connectivity index (χ3v) is 4.78. The first kappa shape index (κ1) is 19.4. The SMILES string of the molecule is CC(C)NC(=O)C(=O)N1CCN(C(=O)c2n[nH]c(C(C)C)c2Br)CC1. The molecule has 0 atom stereocenters. The van der Waals surface area contributed by atoms with E-state index < -0.39 is 11.8 Å². The number of hydrogen-bond acceptors (Lipinski definition) is 4. The molecule has 1 aromatic heterocycles. The van der Waals surface area contributed by atoms with Gasteiger partial charge in [0.25, 0.3) is 5.91 Å². The van der Waals surface area contributed by atoms with Crippen molar-refractivity contribution in [2.24, 2.45) is 0 Å². The van der Waals surface area contributed by atoms with Crippen molar-refractivity contribution in [2.75, 3.05) is 26.2 Å². The quantitative estimate of drug-likeness (QED) is 0.724. The lowest BCUT2D eigenvalue weighted by Crippen LogP contribution is -2.54. The van der Waals surface area contributed by atoms with Gasteiger partial charge in [-0.05, 0) is 35.7 Å². The lowest BCUT2D eigenvalue weighted by Gasteiger charge is -2.34. The second-order valence-electron chi connectivity index (χ2n) is 6.67. The van der Waals surface area contributed by atoms with E-state index in [4.69, 9.17) is 0 Å². The summed E-state index contributed by atoms with van der Waals surface area (Å²) in [5, 5.41) is 9.60. The molecule has 8 nitrogen and oxygen atoms in total. The molecule has 1 saturated heterocycles. The van der Waals surface area contributed by atoms with Crippen LogP contribution >= 0.6 is 15.9 Å². The molecule has 2 N–H and O–H groups in total. The van der Waals surface area contributed by atoms with Gasteiger partial charge in [-0.1, -0.05) is 13.8 Å². The largest absolute Gasteiger partial charge is 0.346 e. The number of nitrogens with one attached hydrogen (secondary N) is 2. The molecule has 0 aliphatic carbocycles. The maximum Gasteiger partial charge on any atom is 0.312 e. The van der Waals surface area contributed by atoms with Crippen molar-refractivity contribution >= 4 is 33.7 Å². The summed E-state index contributed by atoms with van der Waals surface area (Å²) in [5.74, 6) is -1.12. The molecule has 1 fully saturated rings. The number of hydrogen-bond donors (Lipinski definition) is 2. The number of piperazine rings is 1. The summed E-state index contributed by atoms with van der Waals surface area (Å²) in [6.07, 6.45) is 0. The van der Waals surface area contributed by atoms with Crippen LogP contribution in [0.5, 0.6) is 0 Å². The molecule has 138 valence electrons. The minimum Gasteiger partial charge on any atom is -0.346 e. The highest BCUT2D eigenvalue weighted by molar-refractivity contribution is 9.10. The van der Waals surface area contributed by atoms with Gasteiger partial charge in [0.2, 0.25) is 0 Å². The van der Waals surface area contributed by atoms with Crippen molar-refractivity contribution in [3.63, 3.8) is 0 Å². The van der Waals surface area contributed by atoms with Crippen LogP contribution in [-0.4, -0.2) is 69.9 Å². The summed E-state index contributed by atoms with van der Waals surface area (Å²) in [4.78, 5) is 39.7. The number of halogens is 1. The van der Waals surface area contributed by atoms with Crippen LogP contribution in [0.25, 0.3) is 0 Å². The van der Waals surface area contributed by atoms with E-state index in [9.17, 15) is 14.4 Å². The molecule has 2 heterocycles. The third-order valence-electron chi connectivity index (χ3n) is 3.98. The zero-order valence-electron chi connectivity index (χ0n) is 14.9. The first-order valence-corrected chi connectivity index (χ1v) is 9.14. The molecule has 0 spiro atoms. The predicted octanol–water partition coefficient (Wildman–Crippen LogP) is 1.10. The number of amides is 3. The van der Waals surface area contributed by atoms with Crippen LogP contribution in [0, 0.1) is 0 Å². The van der Waals surface area contributed by atoms with E-state index in [-0.39, 0.29) is 17.9 Å². The van der Waals surface area contributed by atoms with Gasteiger partial charge in [0.1, 0.15) is 0 Å². The molecule has 2 rings (SSSR count). The topological polar surface area (TPSA) is 98.4 Å². The summed E-state index contributed by atoms with van der Waals surface area (Å²) in [7, 11) is 0. The zero-order valence-corrected chi connectivity index (χ0v) is 16.5. The number of H-pyrrole nitrogens is 1. The van der Waals surface area contributed by atoms with Gasteiger partial charge in [-0.2, -0.15) is 5.10 Å². The van der Waals surface area contributed by atoms with Crippen LogP contribution in [0.2, 0.25) is 0 Å². The molecule has 0 saturated carbocycles. The van der Waals surface area contributed by atoms with Gasteiger partial charge in [-0.25, -0.2) is 0 Å². The van der Waals surface area contributed by atoms with E-state index >= 15 is 0 Å². The van der Waals surface area contributed by atoms with Gasteiger partial charge < -0.3 is 15.1 Å². The molecule has 1 aromatic rings. The van der Waals surface area contributed by atoms with Crippen molar-refractivity contribution in [1.82, 2.24) is 25.3 Å². The molecular weight excluding hydrogens is 390 g/mol. The van der Waals surface area contributed by atoms with Gasteiger partial charge in [-0.15, -0.1) is 0 Å². The molecule has 3 amide bonds. The Kier molecular flexibility index (Phi) is 6.21. The van der Waals surface area contributed by atoms with E-state index in [1.165, 1.54) is 4.90 Å². The molecule has 0 aromatic carbocycles. The second-order valence-corrected chi connectivity index (χ2v) is 7.46. The van der Waals surface area contributed by atoms with E-state index in [1.54, 1.807) is 18.7 Å². The highest BCUT2D eigenvalue weighted by Gasteiger charge is 2.30. The first-order valence-electron chi connectivity index (χ1n) is 8.35. The van der Waals surface area contributed by atoms with E-state index in [2.05, 4.69) is 31.4 Å². The predicted molar refractivity (Wildman–Crippen MR) is 96.1 cm³/mol. The Morgan fingerprint density at radius 1 is 1.08 bits per heavy atom. The van der Waals surface area contributed by atoms with E-state index in [1.807, 2.05) is 13.8 Å². The molecular formula is C16H24BrN5O3. The number of rotatable bonds is 3. The average molecular weight is 414 g/mol. The Hall–Kier alpha value is -1.90. The zero-order chi connectivity index (χ0) is 18.7. The fourth-order valence-electron chi connectivity index (χ4n) is 2.60. The number of aromatic nitrogens is 2. The van der Waals surface area contributed by atoms with Gasteiger partial charge in [0, 0.05) is 32.2 Å². The third kappa shape index (κ3) is 4.39. The maximum absolute atomic E-state index is 12.6. The Bertz CT molecular complexity index is 663. The van der Waals surface area contributed by atoms with Crippen molar-refractivity contribution < 1.29 is 14.4 Å². The normalized spacial score (nSPS) is 15.0. The van der Waals surface area contributed by atoms with Crippen molar-refractivity contribution in [2.45, 2.75) is 39.7 Å². The molecule has 1 aliphatic rings. The number of carbonyl (C=O) groups excluding carboxylic acids is 3. The molecule has 25 heavy (non-hydrogen) atoms. The fraction of sp³-hybridized carbons (Fsp3) is 0.625. The van der Waals surface area contributed by atoms with Crippen LogP contribution in [0.3, 0.4) is 0 Å². The summed E-state index contributed by atoms with van der Waals surface area (Å²) >= 11 is 3.44. The van der Waals surface area contributed by atoms with Crippen molar-refractivity contribution in [3.05, 3.63) is 15.9 Å². The highest BCUT2D eigenvalue weighted by atomic mass is 79.9. The Morgan fingerprint density at radius 2 is 1.64 bits per heavy atom. The molecule has 1 aliphatic heterocycles. The summed E-state index contributed by atoms with van der Waals surface area (Å²) < 4.78 is 0.683. The Morgan fingerprint density at radius 3 is 2.12 bits per heavy atom. The van der Waals surface area contributed by atoms with E-state index in [0.717, 1.165) is 5.69 Å². The monoisotopic (exact) mass is 413 g/mol. The Balaban J connectivity index is 1.97. The summed E-state index contributed by atoms with van der Waals surface area (Å²) in [5.41, 5.74) is 1.23. The highest BCUT2D eigenvalue weighted by Crippen LogP contribution is 2.26. The lowest BCUT2D eigenvalue weighted by atomic mass is 10.1. The average Bonchev–Trinajstić information content (AvgIpc) is 2.94. The smallest absolute Gasteiger partial charge is 0.312 e. The van der Waals surface area contributed by atoms with Crippen LogP contribution in [0.4, 0.5) is 0 Å². The van der Waals surface area contributed by atoms with Crippen molar-refractivity contribution in [3.8, 4) is 0 Å². The van der Waals surface area contributed by atoms with Crippen LogP contribution < -0.4 is 5.32 Å². The van der Waals surface area contributed by atoms with Gasteiger partial charge in [0.15, 0.2) is 5.69 Å². The number of carbonyl (C=O) groups is 3. The van der Waals surface area contributed by atoms with Crippen LogP contribution in [0.15, 0.2) is 4.47 Å². The van der Waals surface area contributed by atoms with Crippen molar-refractivity contribution in [1.29, 1.82) is 0 Å². The molecule has 0 unspecified atom stereocenters. The minimum atomic E-state index is -0.605. The summed E-state index contributed by atoms with van der Waals surface area (Å²) in [6, 6.07) is -0.0912. The van der Waals surface area contributed by atoms with Gasteiger partial charge in [-0.3, -0.25) is 19.5 Å². The van der Waals surface area contributed by atoms with Gasteiger partial charge in [0.05, 0.1) is 10.2 Å². The van der Waals surface area contributed by atoms with E-state index in [0.29, 0.717) is 36.3 Å². The standard InChI is InChI=1S/C16H24BrN5O3/c1-9(2)12-11(17)13(20-19-12)15(24)21-5-7-22(8-6-21)16(25)14(23)18-10(3)4/h9-10H,5-8H2,1-4H3,(H,18,23)(H,19,20). The Labute approximate surface area is 155 Å². The van der Waals surface area contributed by atoms with Gasteiger partial charge >= 0.3 is 11.8 Å². The van der Waals surface area contributed by atoms with Crippen LogP contribution in [0.1, 0.15) is 49.8 Å². The number of nitrogens with zero attached hydrogens (tertiary/aromatic N) is 3. The number of aromatic amines is 1.